The number of aliphatic carboxylic acids is 1. The summed E-state index contributed by atoms with van der Waals surface area (Å²) in [5.74, 6) is -0.0325. The summed E-state index contributed by atoms with van der Waals surface area (Å²) in [4.78, 5) is 16.3. The van der Waals surface area contributed by atoms with Crippen molar-refractivity contribution in [2.75, 3.05) is 0 Å². The molecule has 0 aliphatic carbocycles. The van der Waals surface area contributed by atoms with Gasteiger partial charge in [0.1, 0.15) is 17.2 Å². The van der Waals surface area contributed by atoms with E-state index in [0.717, 1.165) is 34.4 Å². The van der Waals surface area contributed by atoms with E-state index in [1.807, 2.05) is 66.7 Å². The summed E-state index contributed by atoms with van der Waals surface area (Å²) in [7, 11) is 0. The van der Waals surface area contributed by atoms with Gasteiger partial charge in [0.05, 0.1) is 5.56 Å². The minimum absolute atomic E-state index is 0.106. The maximum atomic E-state index is 13.2. The van der Waals surface area contributed by atoms with Gasteiger partial charge in [0.15, 0.2) is 6.10 Å². The molecule has 5 rings (SSSR count). The Bertz CT molecular complexity index is 1630. The number of ether oxygens (including phenoxy) is 1. The Balaban J connectivity index is 1.35. The maximum Gasteiger partial charge on any atom is 0.416 e. The molecule has 1 aromatic heterocycles. The highest BCUT2D eigenvalue weighted by Gasteiger charge is 2.31. The molecule has 1 unspecified atom stereocenters. The second kappa shape index (κ2) is 11.1. The summed E-state index contributed by atoms with van der Waals surface area (Å²) in [6.07, 6.45) is -5.26. The van der Waals surface area contributed by atoms with Crippen molar-refractivity contribution in [3.05, 3.63) is 120 Å². The maximum absolute atomic E-state index is 13.2. The molecule has 0 aliphatic rings. The number of hydrogen-bond donors (Lipinski definition) is 1. The summed E-state index contributed by atoms with van der Waals surface area (Å²) in [6.45, 7) is 1.71. The number of rotatable bonds is 8. The van der Waals surface area contributed by atoms with E-state index in [2.05, 4.69) is 4.98 Å². The van der Waals surface area contributed by atoms with Crippen LogP contribution in [0.5, 0.6) is 5.75 Å². The van der Waals surface area contributed by atoms with Crippen LogP contribution in [0.3, 0.4) is 0 Å². The number of carbonyl (C=O) groups is 1. The van der Waals surface area contributed by atoms with Crippen molar-refractivity contribution in [3.63, 3.8) is 0 Å². The van der Waals surface area contributed by atoms with Crippen LogP contribution in [-0.4, -0.2) is 22.2 Å². The number of carboxylic acid groups (broad SMARTS) is 1. The molecule has 0 aliphatic heterocycles. The van der Waals surface area contributed by atoms with Gasteiger partial charge in [-0.05, 0) is 60.0 Å². The first-order valence-corrected chi connectivity index (χ1v) is 12.5. The molecule has 1 N–H and O–H groups in total. The second-order valence-corrected chi connectivity index (χ2v) is 9.24. The van der Waals surface area contributed by atoms with Gasteiger partial charge in [0.25, 0.3) is 0 Å². The predicted molar refractivity (Wildman–Crippen MR) is 145 cm³/mol. The van der Waals surface area contributed by atoms with Crippen LogP contribution < -0.4 is 4.74 Å². The van der Waals surface area contributed by atoms with Gasteiger partial charge in [-0.15, -0.1) is 0 Å². The normalized spacial score (nSPS) is 12.2. The van der Waals surface area contributed by atoms with Gasteiger partial charge in [0, 0.05) is 17.5 Å². The van der Waals surface area contributed by atoms with Crippen LogP contribution in [0.1, 0.15) is 16.9 Å². The van der Waals surface area contributed by atoms with E-state index in [1.54, 1.807) is 19.1 Å². The zero-order valence-electron chi connectivity index (χ0n) is 21.4. The van der Waals surface area contributed by atoms with Gasteiger partial charge in [-0.2, -0.15) is 13.2 Å². The molecule has 0 saturated carbocycles. The van der Waals surface area contributed by atoms with E-state index < -0.39 is 23.8 Å². The Morgan fingerprint density at radius 1 is 0.850 bits per heavy atom. The van der Waals surface area contributed by atoms with Crippen LogP contribution in [0.2, 0.25) is 0 Å². The van der Waals surface area contributed by atoms with Crippen molar-refractivity contribution in [3.8, 4) is 39.6 Å². The van der Waals surface area contributed by atoms with E-state index in [0.29, 0.717) is 17.2 Å². The first-order valence-electron chi connectivity index (χ1n) is 12.5. The molecule has 0 amide bonds. The molecule has 202 valence electrons. The van der Waals surface area contributed by atoms with Crippen LogP contribution in [-0.2, 0) is 17.4 Å². The topological polar surface area (TPSA) is 72.6 Å². The fourth-order valence-corrected chi connectivity index (χ4v) is 4.36. The Hall–Kier alpha value is -4.85. The molecule has 0 bridgehead atoms. The standard InChI is InChI=1S/C32H24F3NO4/c1-20-29(36-30(39-20)25-11-6-12-26(19-25)32(33,34)35)24-10-5-9-23(18-24)22-13-15-27(16-14-22)40-28(31(37)38)17-21-7-3-2-4-8-21/h2-16,18-19,28H,17H2,1H3,(H,37,38). The number of carboxylic acids is 1. The van der Waals surface area contributed by atoms with Crippen LogP contribution in [0.25, 0.3) is 33.8 Å². The zero-order valence-corrected chi connectivity index (χ0v) is 21.4. The molecule has 0 radical (unpaired) electrons. The Kier molecular flexibility index (Phi) is 7.42. The molecular weight excluding hydrogens is 519 g/mol. The third-order valence-electron chi connectivity index (χ3n) is 6.37. The molecule has 1 atom stereocenters. The summed E-state index contributed by atoms with van der Waals surface area (Å²) in [5.41, 5.74) is 3.33. The quantitative estimate of drug-likeness (QED) is 0.214. The number of alkyl halides is 3. The van der Waals surface area contributed by atoms with E-state index in [4.69, 9.17) is 9.15 Å². The number of halogens is 3. The van der Waals surface area contributed by atoms with Crippen molar-refractivity contribution in [2.24, 2.45) is 0 Å². The van der Waals surface area contributed by atoms with Crippen molar-refractivity contribution < 1.29 is 32.2 Å². The summed E-state index contributed by atoms with van der Waals surface area (Å²) < 4.78 is 51.0. The van der Waals surface area contributed by atoms with Gasteiger partial charge in [-0.1, -0.05) is 66.7 Å². The third-order valence-corrected chi connectivity index (χ3v) is 6.37. The average Bonchev–Trinajstić information content (AvgIpc) is 3.35. The zero-order chi connectivity index (χ0) is 28.3. The first kappa shape index (κ1) is 26.7. The molecule has 40 heavy (non-hydrogen) atoms. The lowest BCUT2D eigenvalue weighted by molar-refractivity contribution is -0.145. The smallest absolute Gasteiger partial charge is 0.416 e. The highest BCUT2D eigenvalue weighted by molar-refractivity contribution is 5.75. The fraction of sp³-hybridized carbons (Fsp3) is 0.125. The minimum atomic E-state index is -4.47. The number of aromatic nitrogens is 1. The summed E-state index contributed by atoms with van der Waals surface area (Å²) >= 11 is 0. The van der Waals surface area contributed by atoms with Gasteiger partial charge < -0.3 is 14.3 Å². The van der Waals surface area contributed by atoms with Gasteiger partial charge in [-0.25, -0.2) is 9.78 Å². The molecule has 8 heteroatoms. The van der Waals surface area contributed by atoms with Crippen molar-refractivity contribution in [2.45, 2.75) is 25.6 Å². The molecule has 0 fully saturated rings. The number of oxazole rings is 1. The fourth-order valence-electron chi connectivity index (χ4n) is 4.36. The van der Waals surface area contributed by atoms with Crippen LogP contribution in [0, 0.1) is 6.92 Å². The largest absolute Gasteiger partial charge is 0.478 e. The summed E-state index contributed by atoms with van der Waals surface area (Å²) in [5, 5.41) is 9.62. The molecule has 5 aromatic rings. The SMILES string of the molecule is Cc1oc(-c2cccc(C(F)(F)F)c2)nc1-c1cccc(-c2ccc(OC(Cc3ccccc3)C(=O)O)cc2)c1. The Morgan fingerprint density at radius 2 is 1.52 bits per heavy atom. The lowest BCUT2D eigenvalue weighted by Gasteiger charge is -2.15. The van der Waals surface area contributed by atoms with Crippen molar-refractivity contribution >= 4 is 5.97 Å². The van der Waals surface area contributed by atoms with Gasteiger partial charge in [0.2, 0.25) is 5.89 Å². The van der Waals surface area contributed by atoms with E-state index in [-0.39, 0.29) is 17.9 Å². The van der Waals surface area contributed by atoms with Crippen LogP contribution in [0.4, 0.5) is 13.2 Å². The van der Waals surface area contributed by atoms with Crippen molar-refractivity contribution in [1.82, 2.24) is 4.98 Å². The molecular formula is C32H24F3NO4. The Morgan fingerprint density at radius 3 is 2.23 bits per heavy atom. The number of aryl methyl sites for hydroxylation is 1. The minimum Gasteiger partial charge on any atom is -0.478 e. The van der Waals surface area contributed by atoms with Crippen LogP contribution in [0.15, 0.2) is 108 Å². The second-order valence-electron chi connectivity index (χ2n) is 9.24. The number of nitrogens with zero attached hydrogens (tertiary/aromatic N) is 1. The molecule has 0 spiro atoms. The predicted octanol–water partition coefficient (Wildman–Crippen LogP) is 8.08. The lowest BCUT2D eigenvalue weighted by Crippen LogP contribution is -2.29. The van der Waals surface area contributed by atoms with E-state index >= 15 is 0 Å². The molecule has 1 heterocycles. The highest BCUT2D eigenvalue weighted by Crippen LogP contribution is 2.35. The number of hydrogen-bond acceptors (Lipinski definition) is 4. The summed E-state index contributed by atoms with van der Waals surface area (Å²) in [6, 6.07) is 28.8. The van der Waals surface area contributed by atoms with E-state index in [9.17, 15) is 23.1 Å². The highest BCUT2D eigenvalue weighted by atomic mass is 19.4. The van der Waals surface area contributed by atoms with Gasteiger partial charge >= 0.3 is 12.1 Å². The molecule has 4 aromatic carbocycles. The lowest BCUT2D eigenvalue weighted by atomic mass is 10.0. The molecule has 5 nitrogen and oxygen atoms in total. The molecule has 0 saturated heterocycles. The average molecular weight is 544 g/mol. The first-order chi connectivity index (χ1) is 19.2. The Labute approximate surface area is 228 Å². The third kappa shape index (κ3) is 6.07. The van der Waals surface area contributed by atoms with E-state index in [1.165, 1.54) is 12.1 Å². The number of benzene rings is 4. The van der Waals surface area contributed by atoms with Crippen LogP contribution >= 0.6 is 0 Å². The van der Waals surface area contributed by atoms with Gasteiger partial charge in [-0.3, -0.25) is 0 Å². The monoisotopic (exact) mass is 543 g/mol. The van der Waals surface area contributed by atoms with Crippen molar-refractivity contribution in [1.29, 1.82) is 0 Å².